The Morgan fingerprint density at radius 3 is 2.00 bits per heavy atom. The monoisotopic (exact) mass is 198 g/mol. The molecule has 1 atom stereocenters. The largest absolute Gasteiger partial charge is 0.412 e. The van der Waals surface area contributed by atoms with Gasteiger partial charge in [-0.25, -0.2) is 0 Å². The average molecular weight is 198 g/mol. The number of carbonyl (C=O) groups excluding carboxylic acids is 1. The van der Waals surface area contributed by atoms with E-state index in [1.54, 1.807) is 13.8 Å². The van der Waals surface area contributed by atoms with Gasteiger partial charge in [0.05, 0.1) is 0 Å². The standard InChI is InChI=1S/C7H13F3N2O/c1-4(2)12-5(6(13)11-3)7(8,9)10/h4-5,12H,1-3H3,(H,11,13). The Labute approximate surface area is 74.7 Å². The second kappa shape index (κ2) is 4.45. The van der Waals surface area contributed by atoms with Gasteiger partial charge >= 0.3 is 6.18 Å². The van der Waals surface area contributed by atoms with Crippen molar-refractivity contribution in [3.63, 3.8) is 0 Å². The minimum atomic E-state index is -4.55. The van der Waals surface area contributed by atoms with Crippen LogP contribution in [-0.4, -0.2) is 31.2 Å². The van der Waals surface area contributed by atoms with Gasteiger partial charge in [0.2, 0.25) is 5.91 Å². The molecule has 0 rings (SSSR count). The predicted octanol–water partition coefficient (Wildman–Crippen LogP) is 0.661. The summed E-state index contributed by atoms with van der Waals surface area (Å²) in [6.45, 7) is 3.09. The molecule has 0 aromatic carbocycles. The second-order valence-electron chi connectivity index (χ2n) is 2.91. The first kappa shape index (κ1) is 12.2. The van der Waals surface area contributed by atoms with E-state index in [0.717, 1.165) is 0 Å². The molecule has 78 valence electrons. The maximum atomic E-state index is 12.2. The van der Waals surface area contributed by atoms with E-state index in [1.807, 2.05) is 5.32 Å². The molecule has 13 heavy (non-hydrogen) atoms. The molecule has 6 heteroatoms. The molecule has 0 bridgehead atoms. The molecular formula is C7H13F3N2O. The highest BCUT2D eigenvalue weighted by molar-refractivity contribution is 5.82. The molecule has 2 N–H and O–H groups in total. The van der Waals surface area contributed by atoms with E-state index in [-0.39, 0.29) is 0 Å². The summed E-state index contributed by atoms with van der Waals surface area (Å²) in [4.78, 5) is 10.8. The number of rotatable bonds is 3. The van der Waals surface area contributed by atoms with Gasteiger partial charge in [-0.05, 0) is 0 Å². The summed E-state index contributed by atoms with van der Waals surface area (Å²) in [6.07, 6.45) is -4.55. The van der Waals surface area contributed by atoms with Crippen LogP contribution >= 0.6 is 0 Å². The van der Waals surface area contributed by atoms with Crippen molar-refractivity contribution in [1.29, 1.82) is 0 Å². The van der Waals surface area contributed by atoms with Crippen LogP contribution in [0.4, 0.5) is 13.2 Å². The Morgan fingerprint density at radius 2 is 1.77 bits per heavy atom. The molecule has 0 aromatic heterocycles. The third-order valence-electron chi connectivity index (χ3n) is 1.34. The fraction of sp³-hybridized carbons (Fsp3) is 0.857. The Bertz CT molecular complexity index is 179. The Morgan fingerprint density at radius 1 is 1.31 bits per heavy atom. The molecule has 0 saturated carbocycles. The molecule has 0 aliphatic heterocycles. The normalized spacial score (nSPS) is 14.4. The molecule has 0 aliphatic carbocycles. The number of likely N-dealkylation sites (N-methyl/N-ethyl adjacent to an activating group) is 1. The first-order valence-corrected chi connectivity index (χ1v) is 3.83. The van der Waals surface area contributed by atoms with Crippen LogP contribution in [0.5, 0.6) is 0 Å². The fourth-order valence-corrected chi connectivity index (χ4v) is 0.796. The molecule has 0 fully saturated rings. The number of carbonyl (C=O) groups is 1. The van der Waals surface area contributed by atoms with E-state index in [2.05, 4.69) is 5.32 Å². The number of hydrogen-bond acceptors (Lipinski definition) is 2. The summed E-state index contributed by atoms with van der Waals surface area (Å²) >= 11 is 0. The molecule has 0 aromatic rings. The molecule has 1 unspecified atom stereocenters. The van der Waals surface area contributed by atoms with Gasteiger partial charge in [0, 0.05) is 13.1 Å². The first-order chi connectivity index (χ1) is 5.79. The molecule has 0 radical (unpaired) electrons. The Kier molecular flexibility index (Phi) is 4.19. The van der Waals surface area contributed by atoms with E-state index in [9.17, 15) is 18.0 Å². The van der Waals surface area contributed by atoms with Gasteiger partial charge in [-0.2, -0.15) is 13.2 Å². The van der Waals surface area contributed by atoms with Crippen molar-refractivity contribution in [2.24, 2.45) is 0 Å². The minimum Gasteiger partial charge on any atom is -0.358 e. The third kappa shape index (κ3) is 4.12. The zero-order valence-electron chi connectivity index (χ0n) is 7.70. The van der Waals surface area contributed by atoms with E-state index in [4.69, 9.17) is 0 Å². The van der Waals surface area contributed by atoms with E-state index < -0.39 is 24.2 Å². The zero-order valence-corrected chi connectivity index (χ0v) is 7.70. The molecule has 3 nitrogen and oxygen atoms in total. The minimum absolute atomic E-state index is 0.399. The lowest BCUT2D eigenvalue weighted by molar-refractivity contribution is -0.169. The number of hydrogen-bond donors (Lipinski definition) is 2. The van der Waals surface area contributed by atoms with Crippen molar-refractivity contribution in [3.8, 4) is 0 Å². The summed E-state index contributed by atoms with van der Waals surface area (Å²) < 4.78 is 36.6. The number of halogens is 3. The van der Waals surface area contributed by atoms with Crippen molar-refractivity contribution in [3.05, 3.63) is 0 Å². The van der Waals surface area contributed by atoms with Crippen LogP contribution < -0.4 is 10.6 Å². The van der Waals surface area contributed by atoms with Gasteiger partial charge in [-0.15, -0.1) is 0 Å². The molecule has 1 amide bonds. The lowest BCUT2D eigenvalue weighted by Gasteiger charge is -2.21. The lowest BCUT2D eigenvalue weighted by atomic mass is 10.2. The van der Waals surface area contributed by atoms with Crippen molar-refractivity contribution in [2.75, 3.05) is 7.05 Å². The van der Waals surface area contributed by atoms with Crippen molar-refractivity contribution < 1.29 is 18.0 Å². The van der Waals surface area contributed by atoms with Crippen LogP contribution in [0.1, 0.15) is 13.8 Å². The highest BCUT2D eigenvalue weighted by Crippen LogP contribution is 2.20. The summed E-state index contributed by atoms with van der Waals surface area (Å²) in [5, 5.41) is 4.09. The fourth-order valence-electron chi connectivity index (χ4n) is 0.796. The SMILES string of the molecule is CNC(=O)C(NC(C)C)C(F)(F)F. The van der Waals surface area contributed by atoms with Crippen molar-refractivity contribution >= 4 is 5.91 Å². The smallest absolute Gasteiger partial charge is 0.358 e. The van der Waals surface area contributed by atoms with Crippen LogP contribution in [0.15, 0.2) is 0 Å². The molecule has 0 heterocycles. The van der Waals surface area contributed by atoms with Gasteiger partial charge in [0.25, 0.3) is 0 Å². The summed E-state index contributed by atoms with van der Waals surface area (Å²) in [6, 6.07) is -2.53. The van der Waals surface area contributed by atoms with Crippen molar-refractivity contribution in [2.45, 2.75) is 32.1 Å². The van der Waals surface area contributed by atoms with Crippen LogP contribution in [0.2, 0.25) is 0 Å². The lowest BCUT2D eigenvalue weighted by Crippen LogP contribution is -2.54. The third-order valence-corrected chi connectivity index (χ3v) is 1.34. The number of nitrogens with one attached hydrogen (secondary N) is 2. The van der Waals surface area contributed by atoms with E-state index >= 15 is 0 Å². The van der Waals surface area contributed by atoms with Crippen LogP contribution in [0, 0.1) is 0 Å². The van der Waals surface area contributed by atoms with Gasteiger partial charge in [-0.3, -0.25) is 10.1 Å². The highest BCUT2D eigenvalue weighted by atomic mass is 19.4. The Hall–Kier alpha value is -0.780. The molecular weight excluding hydrogens is 185 g/mol. The van der Waals surface area contributed by atoms with Crippen LogP contribution in [0.25, 0.3) is 0 Å². The van der Waals surface area contributed by atoms with E-state index in [1.165, 1.54) is 7.05 Å². The molecule has 0 spiro atoms. The van der Waals surface area contributed by atoms with Gasteiger partial charge in [0.15, 0.2) is 6.04 Å². The number of amides is 1. The van der Waals surface area contributed by atoms with Crippen LogP contribution in [-0.2, 0) is 4.79 Å². The van der Waals surface area contributed by atoms with Crippen LogP contribution in [0.3, 0.4) is 0 Å². The quantitative estimate of drug-likeness (QED) is 0.699. The summed E-state index contributed by atoms with van der Waals surface area (Å²) in [5.74, 6) is -1.07. The number of alkyl halides is 3. The maximum Gasteiger partial charge on any atom is 0.412 e. The summed E-state index contributed by atoms with van der Waals surface area (Å²) in [7, 11) is 1.17. The second-order valence-corrected chi connectivity index (χ2v) is 2.91. The topological polar surface area (TPSA) is 41.1 Å². The van der Waals surface area contributed by atoms with Crippen molar-refractivity contribution in [1.82, 2.24) is 10.6 Å². The first-order valence-electron chi connectivity index (χ1n) is 3.83. The maximum absolute atomic E-state index is 12.2. The highest BCUT2D eigenvalue weighted by Gasteiger charge is 2.44. The molecule has 0 aliphatic rings. The predicted molar refractivity (Wildman–Crippen MR) is 42.2 cm³/mol. The van der Waals surface area contributed by atoms with Gasteiger partial charge in [-0.1, -0.05) is 13.8 Å². The van der Waals surface area contributed by atoms with E-state index in [0.29, 0.717) is 0 Å². The summed E-state index contributed by atoms with van der Waals surface area (Å²) in [5.41, 5.74) is 0. The average Bonchev–Trinajstić information content (AvgIpc) is 1.96. The zero-order chi connectivity index (χ0) is 10.6. The molecule has 0 saturated heterocycles. The Balaban J connectivity index is 4.47. The van der Waals surface area contributed by atoms with Gasteiger partial charge in [0.1, 0.15) is 0 Å². The van der Waals surface area contributed by atoms with Gasteiger partial charge < -0.3 is 5.32 Å².